The van der Waals surface area contributed by atoms with Gasteiger partial charge in [0.2, 0.25) is 5.24 Å². The number of hydrogen-bond acceptors (Lipinski definition) is 2. The predicted molar refractivity (Wildman–Crippen MR) is 54.2 cm³/mol. The second kappa shape index (κ2) is 4.80. The number of hydrogen-bond donors (Lipinski definition) is 1. The second-order valence-corrected chi connectivity index (χ2v) is 2.96. The summed E-state index contributed by atoms with van der Waals surface area (Å²) < 4.78 is 0. The molecule has 0 aliphatic rings. The number of nitrogens with two attached hydrogens (primary N) is 1. The Labute approximate surface area is 82.0 Å². The van der Waals surface area contributed by atoms with Crippen molar-refractivity contribution in [3.8, 4) is 0 Å². The number of halogens is 1. The molecule has 0 spiro atoms. The minimum Gasteiger partial charge on any atom is -0.326 e. The minimum atomic E-state index is -0.470. The van der Waals surface area contributed by atoms with Crippen molar-refractivity contribution in [2.24, 2.45) is 5.73 Å². The van der Waals surface area contributed by atoms with Gasteiger partial charge in [0.1, 0.15) is 0 Å². The van der Waals surface area contributed by atoms with Gasteiger partial charge in [0, 0.05) is 6.54 Å². The summed E-state index contributed by atoms with van der Waals surface area (Å²) in [7, 11) is 0. The van der Waals surface area contributed by atoms with Crippen LogP contribution in [0.3, 0.4) is 0 Å². The molecule has 1 aromatic rings. The van der Waals surface area contributed by atoms with E-state index in [0.717, 1.165) is 11.1 Å². The zero-order valence-electron chi connectivity index (χ0n) is 7.03. The zero-order chi connectivity index (χ0) is 9.68. The van der Waals surface area contributed by atoms with Crippen LogP contribution < -0.4 is 5.73 Å². The van der Waals surface area contributed by atoms with E-state index in [9.17, 15) is 4.79 Å². The van der Waals surface area contributed by atoms with Gasteiger partial charge in [0.05, 0.1) is 0 Å². The summed E-state index contributed by atoms with van der Waals surface area (Å²) in [6.07, 6.45) is 2.98. The van der Waals surface area contributed by atoms with E-state index in [1.165, 1.54) is 6.08 Å². The molecule has 0 aliphatic heterocycles. The van der Waals surface area contributed by atoms with Crippen LogP contribution >= 0.6 is 11.6 Å². The SMILES string of the molecule is NCc1ccc(/C=C/C(=O)Cl)cc1. The van der Waals surface area contributed by atoms with E-state index in [4.69, 9.17) is 17.3 Å². The lowest BCUT2D eigenvalue weighted by Gasteiger charge is -1.96. The van der Waals surface area contributed by atoms with Crippen LogP contribution in [-0.2, 0) is 11.3 Å². The molecule has 0 heterocycles. The summed E-state index contributed by atoms with van der Waals surface area (Å²) in [4.78, 5) is 10.4. The molecule has 13 heavy (non-hydrogen) atoms. The highest BCUT2D eigenvalue weighted by atomic mass is 35.5. The van der Waals surface area contributed by atoms with Gasteiger partial charge in [0.15, 0.2) is 0 Å². The normalized spacial score (nSPS) is 10.6. The lowest BCUT2D eigenvalue weighted by molar-refractivity contribution is -0.107. The Balaban J connectivity index is 2.75. The van der Waals surface area contributed by atoms with Crippen LogP contribution in [0.2, 0.25) is 0 Å². The average molecular weight is 196 g/mol. The summed E-state index contributed by atoms with van der Waals surface area (Å²) in [5.41, 5.74) is 7.43. The molecular formula is C10H10ClNO. The number of carbonyl (C=O) groups is 1. The lowest BCUT2D eigenvalue weighted by atomic mass is 10.1. The van der Waals surface area contributed by atoms with Crippen LogP contribution in [0, 0.1) is 0 Å². The van der Waals surface area contributed by atoms with E-state index in [1.807, 2.05) is 24.3 Å². The Morgan fingerprint density at radius 3 is 2.46 bits per heavy atom. The smallest absolute Gasteiger partial charge is 0.245 e. The topological polar surface area (TPSA) is 43.1 Å². The third kappa shape index (κ3) is 3.40. The molecule has 0 saturated heterocycles. The lowest BCUT2D eigenvalue weighted by Crippen LogP contribution is -1.95. The van der Waals surface area contributed by atoms with E-state index in [-0.39, 0.29) is 0 Å². The third-order valence-electron chi connectivity index (χ3n) is 1.62. The van der Waals surface area contributed by atoms with Crippen LogP contribution in [-0.4, -0.2) is 5.24 Å². The first kappa shape index (κ1) is 9.96. The minimum absolute atomic E-state index is 0.470. The Hall–Kier alpha value is -1.12. The van der Waals surface area contributed by atoms with Gasteiger partial charge in [-0.3, -0.25) is 4.79 Å². The zero-order valence-corrected chi connectivity index (χ0v) is 7.79. The molecule has 1 aromatic carbocycles. The fraction of sp³-hybridized carbons (Fsp3) is 0.100. The summed E-state index contributed by atoms with van der Waals surface area (Å²) in [6.45, 7) is 0.526. The van der Waals surface area contributed by atoms with Crippen molar-refractivity contribution < 1.29 is 4.79 Å². The number of allylic oxidation sites excluding steroid dienone is 1. The number of carbonyl (C=O) groups excluding carboxylic acids is 1. The van der Waals surface area contributed by atoms with E-state index in [0.29, 0.717) is 6.54 Å². The first-order valence-corrected chi connectivity index (χ1v) is 4.26. The van der Waals surface area contributed by atoms with Gasteiger partial charge >= 0.3 is 0 Å². The van der Waals surface area contributed by atoms with Crippen molar-refractivity contribution in [1.29, 1.82) is 0 Å². The quantitative estimate of drug-likeness (QED) is 0.592. The maximum Gasteiger partial charge on any atom is 0.245 e. The van der Waals surface area contributed by atoms with Gasteiger partial charge < -0.3 is 5.73 Å². The third-order valence-corrected chi connectivity index (χ3v) is 1.75. The molecule has 1 rings (SSSR count). The van der Waals surface area contributed by atoms with Crippen molar-refractivity contribution in [3.05, 3.63) is 41.5 Å². The standard InChI is InChI=1S/C10H10ClNO/c11-10(13)6-5-8-1-3-9(7-12)4-2-8/h1-6H,7,12H2/b6-5+. The van der Waals surface area contributed by atoms with E-state index in [2.05, 4.69) is 0 Å². The Morgan fingerprint density at radius 2 is 2.00 bits per heavy atom. The maximum absolute atomic E-state index is 10.4. The molecule has 3 heteroatoms. The molecule has 68 valence electrons. The average Bonchev–Trinajstić information content (AvgIpc) is 2.15. The molecule has 0 atom stereocenters. The molecule has 0 radical (unpaired) electrons. The van der Waals surface area contributed by atoms with Crippen molar-refractivity contribution in [2.75, 3.05) is 0 Å². The van der Waals surface area contributed by atoms with Crippen molar-refractivity contribution in [2.45, 2.75) is 6.54 Å². The summed E-state index contributed by atoms with van der Waals surface area (Å²) in [6, 6.07) is 7.60. The van der Waals surface area contributed by atoms with Gasteiger partial charge in [-0.1, -0.05) is 30.3 Å². The molecule has 0 aromatic heterocycles. The Bertz CT molecular complexity index is 316. The van der Waals surface area contributed by atoms with Crippen LogP contribution in [0.25, 0.3) is 6.08 Å². The van der Waals surface area contributed by atoms with Crippen LogP contribution in [0.5, 0.6) is 0 Å². The Kier molecular flexibility index (Phi) is 3.68. The number of rotatable bonds is 3. The monoisotopic (exact) mass is 195 g/mol. The molecule has 0 saturated carbocycles. The van der Waals surface area contributed by atoms with E-state index < -0.39 is 5.24 Å². The van der Waals surface area contributed by atoms with Crippen LogP contribution in [0.4, 0.5) is 0 Å². The first-order chi connectivity index (χ1) is 6.22. The molecule has 0 fully saturated rings. The molecule has 0 amide bonds. The number of benzene rings is 1. The van der Waals surface area contributed by atoms with E-state index in [1.54, 1.807) is 6.08 Å². The van der Waals surface area contributed by atoms with Crippen molar-refractivity contribution >= 4 is 22.9 Å². The van der Waals surface area contributed by atoms with Gasteiger partial charge in [-0.2, -0.15) is 0 Å². The van der Waals surface area contributed by atoms with Crippen molar-refractivity contribution in [1.82, 2.24) is 0 Å². The van der Waals surface area contributed by atoms with Gasteiger partial charge in [0.25, 0.3) is 0 Å². The highest BCUT2D eigenvalue weighted by Crippen LogP contribution is 2.05. The van der Waals surface area contributed by atoms with E-state index >= 15 is 0 Å². The molecule has 2 nitrogen and oxygen atoms in total. The summed E-state index contributed by atoms with van der Waals surface area (Å²) in [5, 5.41) is -0.470. The fourth-order valence-electron chi connectivity index (χ4n) is 0.927. The van der Waals surface area contributed by atoms with Gasteiger partial charge in [-0.05, 0) is 28.8 Å². The highest BCUT2D eigenvalue weighted by Gasteiger charge is 1.90. The molecular weight excluding hydrogens is 186 g/mol. The van der Waals surface area contributed by atoms with Gasteiger partial charge in [-0.25, -0.2) is 0 Å². The molecule has 0 unspecified atom stereocenters. The highest BCUT2D eigenvalue weighted by molar-refractivity contribution is 6.66. The first-order valence-electron chi connectivity index (χ1n) is 3.89. The summed E-state index contributed by atoms with van der Waals surface area (Å²) in [5.74, 6) is 0. The largest absolute Gasteiger partial charge is 0.326 e. The van der Waals surface area contributed by atoms with Crippen molar-refractivity contribution in [3.63, 3.8) is 0 Å². The molecule has 2 N–H and O–H groups in total. The predicted octanol–water partition coefficient (Wildman–Crippen LogP) is 1.92. The summed E-state index contributed by atoms with van der Waals surface area (Å²) >= 11 is 5.14. The molecule has 0 bridgehead atoms. The maximum atomic E-state index is 10.4. The van der Waals surface area contributed by atoms with Gasteiger partial charge in [-0.15, -0.1) is 0 Å². The second-order valence-electron chi connectivity index (χ2n) is 2.58. The Morgan fingerprint density at radius 1 is 1.38 bits per heavy atom. The fourth-order valence-corrected chi connectivity index (χ4v) is 0.990. The van der Waals surface area contributed by atoms with Crippen LogP contribution in [0.15, 0.2) is 30.3 Å². The molecule has 0 aliphatic carbocycles. The van der Waals surface area contributed by atoms with Crippen LogP contribution in [0.1, 0.15) is 11.1 Å².